The van der Waals surface area contributed by atoms with Gasteiger partial charge in [0, 0.05) is 12.5 Å². The van der Waals surface area contributed by atoms with Crippen molar-refractivity contribution in [3.8, 4) is 5.75 Å². The summed E-state index contributed by atoms with van der Waals surface area (Å²) in [6.45, 7) is 5.38. The normalized spacial score (nSPS) is 19.3. The molecule has 0 aromatic heterocycles. The number of ether oxygens (including phenoxy) is 1. The lowest BCUT2D eigenvalue weighted by Gasteiger charge is -2.26. The highest BCUT2D eigenvalue weighted by atomic mass is 16.5. The third kappa shape index (κ3) is 3.03. The lowest BCUT2D eigenvalue weighted by molar-refractivity contribution is -0.135. The molecule has 1 saturated heterocycles. The van der Waals surface area contributed by atoms with Crippen molar-refractivity contribution in [2.45, 2.75) is 32.7 Å². The molecule has 0 aliphatic carbocycles. The number of hydrogen-bond donors (Lipinski definition) is 0. The highest BCUT2D eigenvalue weighted by Gasteiger charge is 2.30. The monoisotopic (exact) mass is 247 g/mol. The molecule has 0 N–H and O–H groups in total. The number of benzene rings is 1. The second-order valence-corrected chi connectivity index (χ2v) is 5.11. The van der Waals surface area contributed by atoms with E-state index in [-0.39, 0.29) is 17.9 Å². The molecule has 1 aliphatic rings. The first-order valence-electron chi connectivity index (χ1n) is 6.67. The Labute approximate surface area is 109 Å². The quantitative estimate of drug-likeness (QED) is 0.818. The van der Waals surface area contributed by atoms with E-state index >= 15 is 0 Å². The highest BCUT2D eigenvalue weighted by Crippen LogP contribution is 2.21. The molecule has 2 rings (SSSR count). The Bertz CT molecular complexity index is 389. The van der Waals surface area contributed by atoms with E-state index in [1.54, 1.807) is 0 Å². The van der Waals surface area contributed by atoms with Gasteiger partial charge in [0.15, 0.2) is 0 Å². The standard InChI is InChI=1S/C15H21NO2/c1-12(2)15(17)16-10-6-7-13(16)11-18-14-8-4-3-5-9-14/h3-5,8-9,12-13H,6-7,10-11H2,1-2H3. The predicted molar refractivity (Wildman–Crippen MR) is 71.5 cm³/mol. The maximum absolute atomic E-state index is 12.0. The van der Waals surface area contributed by atoms with Crippen molar-refractivity contribution in [2.75, 3.05) is 13.2 Å². The lowest BCUT2D eigenvalue weighted by Crippen LogP contribution is -2.41. The summed E-state index contributed by atoms with van der Waals surface area (Å²) in [5.74, 6) is 1.19. The first-order valence-corrected chi connectivity index (χ1v) is 6.67. The molecule has 18 heavy (non-hydrogen) atoms. The molecular formula is C15H21NO2. The number of carbonyl (C=O) groups excluding carboxylic acids is 1. The summed E-state index contributed by atoms with van der Waals surface area (Å²) in [6.07, 6.45) is 2.13. The Morgan fingerprint density at radius 3 is 2.78 bits per heavy atom. The van der Waals surface area contributed by atoms with Crippen LogP contribution in [0.1, 0.15) is 26.7 Å². The Hall–Kier alpha value is -1.51. The van der Waals surface area contributed by atoms with Gasteiger partial charge in [-0.15, -0.1) is 0 Å². The van der Waals surface area contributed by atoms with Crippen LogP contribution in [0.15, 0.2) is 30.3 Å². The maximum atomic E-state index is 12.0. The van der Waals surface area contributed by atoms with Gasteiger partial charge in [-0.25, -0.2) is 0 Å². The summed E-state index contributed by atoms with van der Waals surface area (Å²) < 4.78 is 5.76. The summed E-state index contributed by atoms with van der Waals surface area (Å²) in [5, 5.41) is 0. The van der Waals surface area contributed by atoms with Crippen molar-refractivity contribution in [1.29, 1.82) is 0 Å². The zero-order valence-electron chi connectivity index (χ0n) is 11.1. The Morgan fingerprint density at radius 1 is 1.39 bits per heavy atom. The van der Waals surface area contributed by atoms with Crippen LogP contribution in [-0.2, 0) is 4.79 Å². The largest absolute Gasteiger partial charge is 0.491 e. The summed E-state index contributed by atoms with van der Waals surface area (Å²) in [7, 11) is 0. The molecule has 0 radical (unpaired) electrons. The summed E-state index contributed by atoms with van der Waals surface area (Å²) >= 11 is 0. The highest BCUT2D eigenvalue weighted by molar-refractivity contribution is 5.78. The van der Waals surface area contributed by atoms with Crippen molar-refractivity contribution >= 4 is 5.91 Å². The number of hydrogen-bond acceptors (Lipinski definition) is 2. The number of nitrogens with zero attached hydrogens (tertiary/aromatic N) is 1. The van der Waals surface area contributed by atoms with Gasteiger partial charge in [-0.3, -0.25) is 4.79 Å². The molecule has 0 spiro atoms. The first kappa shape index (κ1) is 12.9. The molecule has 1 unspecified atom stereocenters. The topological polar surface area (TPSA) is 29.5 Å². The van der Waals surface area contributed by atoms with Gasteiger partial charge < -0.3 is 9.64 Å². The van der Waals surface area contributed by atoms with Gasteiger partial charge >= 0.3 is 0 Å². The second kappa shape index (κ2) is 5.89. The van der Waals surface area contributed by atoms with Gasteiger partial charge in [0.2, 0.25) is 5.91 Å². The predicted octanol–water partition coefficient (Wildman–Crippen LogP) is 2.71. The van der Waals surface area contributed by atoms with Crippen LogP contribution in [0, 0.1) is 5.92 Å². The zero-order valence-corrected chi connectivity index (χ0v) is 11.1. The molecular weight excluding hydrogens is 226 g/mol. The molecule has 1 heterocycles. The molecule has 0 bridgehead atoms. The van der Waals surface area contributed by atoms with Crippen molar-refractivity contribution < 1.29 is 9.53 Å². The van der Waals surface area contributed by atoms with Gasteiger partial charge in [-0.1, -0.05) is 32.0 Å². The minimum Gasteiger partial charge on any atom is -0.491 e. The molecule has 1 fully saturated rings. The van der Waals surface area contributed by atoms with Crippen molar-refractivity contribution in [2.24, 2.45) is 5.92 Å². The van der Waals surface area contributed by atoms with Crippen LogP contribution in [0.4, 0.5) is 0 Å². The van der Waals surface area contributed by atoms with Crippen LogP contribution in [0.2, 0.25) is 0 Å². The third-order valence-electron chi connectivity index (χ3n) is 3.34. The molecule has 98 valence electrons. The van der Waals surface area contributed by atoms with Crippen LogP contribution >= 0.6 is 0 Å². The number of likely N-dealkylation sites (tertiary alicyclic amines) is 1. The maximum Gasteiger partial charge on any atom is 0.225 e. The number of amides is 1. The minimum atomic E-state index is 0.0716. The fourth-order valence-electron chi connectivity index (χ4n) is 2.34. The van der Waals surface area contributed by atoms with Crippen LogP contribution in [0.3, 0.4) is 0 Å². The van der Waals surface area contributed by atoms with Crippen molar-refractivity contribution in [1.82, 2.24) is 4.90 Å². The Kier molecular flexibility index (Phi) is 4.24. The molecule has 3 heteroatoms. The summed E-state index contributed by atoms with van der Waals surface area (Å²) in [6, 6.07) is 10.0. The van der Waals surface area contributed by atoms with E-state index in [1.165, 1.54) is 0 Å². The third-order valence-corrected chi connectivity index (χ3v) is 3.34. The average Bonchev–Trinajstić information content (AvgIpc) is 2.84. The van der Waals surface area contributed by atoms with E-state index in [1.807, 2.05) is 49.1 Å². The second-order valence-electron chi connectivity index (χ2n) is 5.11. The zero-order chi connectivity index (χ0) is 13.0. The molecule has 1 aromatic rings. The summed E-state index contributed by atoms with van der Waals surface area (Å²) in [5.41, 5.74) is 0. The van der Waals surface area contributed by atoms with Gasteiger partial charge in [0.05, 0.1) is 6.04 Å². The first-order chi connectivity index (χ1) is 8.68. The fourth-order valence-corrected chi connectivity index (χ4v) is 2.34. The smallest absolute Gasteiger partial charge is 0.225 e. The van der Waals surface area contributed by atoms with E-state index in [0.717, 1.165) is 25.1 Å². The van der Waals surface area contributed by atoms with Crippen molar-refractivity contribution in [3.63, 3.8) is 0 Å². The van der Waals surface area contributed by atoms with Crippen LogP contribution in [0.5, 0.6) is 5.75 Å². The number of carbonyl (C=O) groups is 1. The molecule has 0 saturated carbocycles. The van der Waals surface area contributed by atoms with E-state index in [4.69, 9.17) is 4.74 Å². The number of para-hydroxylation sites is 1. The molecule has 1 atom stereocenters. The van der Waals surface area contributed by atoms with Crippen LogP contribution in [-0.4, -0.2) is 30.0 Å². The molecule has 1 aromatic carbocycles. The fraction of sp³-hybridized carbons (Fsp3) is 0.533. The van der Waals surface area contributed by atoms with Crippen LogP contribution in [0.25, 0.3) is 0 Å². The summed E-state index contributed by atoms with van der Waals surface area (Å²) in [4.78, 5) is 14.0. The molecule has 3 nitrogen and oxygen atoms in total. The molecule has 1 aliphatic heterocycles. The van der Waals surface area contributed by atoms with Gasteiger partial charge in [0.25, 0.3) is 0 Å². The lowest BCUT2D eigenvalue weighted by atomic mass is 10.1. The van der Waals surface area contributed by atoms with E-state index in [9.17, 15) is 4.79 Å². The SMILES string of the molecule is CC(C)C(=O)N1CCCC1COc1ccccc1. The van der Waals surface area contributed by atoms with Gasteiger partial charge in [-0.2, -0.15) is 0 Å². The number of rotatable bonds is 4. The van der Waals surface area contributed by atoms with E-state index < -0.39 is 0 Å². The molecule has 1 amide bonds. The van der Waals surface area contributed by atoms with E-state index in [2.05, 4.69) is 0 Å². The Morgan fingerprint density at radius 2 is 2.11 bits per heavy atom. The Balaban J connectivity index is 1.90. The van der Waals surface area contributed by atoms with Gasteiger partial charge in [-0.05, 0) is 25.0 Å². The van der Waals surface area contributed by atoms with E-state index in [0.29, 0.717) is 6.61 Å². The van der Waals surface area contributed by atoms with Crippen LogP contribution < -0.4 is 4.74 Å². The minimum absolute atomic E-state index is 0.0716. The van der Waals surface area contributed by atoms with Gasteiger partial charge in [0.1, 0.15) is 12.4 Å². The van der Waals surface area contributed by atoms with Crippen molar-refractivity contribution in [3.05, 3.63) is 30.3 Å². The average molecular weight is 247 g/mol.